The molecule has 0 N–H and O–H groups in total. The van der Waals surface area contributed by atoms with Crippen molar-refractivity contribution in [1.82, 2.24) is 0 Å². The number of ether oxygens (including phenoxy) is 1. The molecular weight excluding hydrogens is 267 g/mol. The third-order valence-corrected chi connectivity index (χ3v) is 2.66. The molecule has 8 heteroatoms. The molecule has 0 fully saturated rings. The summed E-state index contributed by atoms with van der Waals surface area (Å²) >= 11 is -0.216. The van der Waals surface area contributed by atoms with Crippen molar-refractivity contribution in [2.75, 3.05) is 7.11 Å². The second-order valence-corrected chi connectivity index (χ2v) is 6.25. The van der Waals surface area contributed by atoms with E-state index < -0.39 is 28.1 Å². The number of thioether (sulfide) groups is 1. The molecule has 0 aromatic rings. The van der Waals surface area contributed by atoms with Gasteiger partial charge in [-0.3, -0.25) is 4.79 Å². The maximum atomic E-state index is 13.5. The van der Waals surface area contributed by atoms with Gasteiger partial charge in [0.05, 0.1) is 7.11 Å². The topological polar surface area (TPSA) is 26.3 Å². The first kappa shape index (κ1) is 16.5. The van der Waals surface area contributed by atoms with Crippen molar-refractivity contribution in [1.29, 1.82) is 0 Å². The highest BCUT2D eigenvalue weighted by Crippen LogP contribution is 2.49. The largest absolute Gasteiger partial charge is 0.468 e. The van der Waals surface area contributed by atoms with Crippen LogP contribution in [0.25, 0.3) is 0 Å². The van der Waals surface area contributed by atoms with Crippen LogP contribution in [0.1, 0.15) is 20.8 Å². The van der Waals surface area contributed by atoms with Crippen molar-refractivity contribution < 1.29 is 31.5 Å². The van der Waals surface area contributed by atoms with Crippen LogP contribution in [0.3, 0.4) is 0 Å². The molecule has 17 heavy (non-hydrogen) atoms. The molecule has 0 bridgehead atoms. The van der Waals surface area contributed by atoms with Crippen molar-refractivity contribution in [2.24, 2.45) is 5.92 Å². The van der Waals surface area contributed by atoms with Crippen molar-refractivity contribution in [3.8, 4) is 0 Å². The van der Waals surface area contributed by atoms with Crippen molar-refractivity contribution in [2.45, 2.75) is 36.9 Å². The molecule has 0 aliphatic heterocycles. The third-order valence-electron chi connectivity index (χ3n) is 1.54. The molecule has 0 heterocycles. The summed E-state index contributed by atoms with van der Waals surface area (Å²) in [6.07, 6.45) is -5.35. The van der Waals surface area contributed by atoms with Crippen molar-refractivity contribution in [3.63, 3.8) is 0 Å². The normalized spacial score (nSPS) is 15.6. The highest BCUT2D eigenvalue weighted by atomic mass is 32.2. The predicted octanol–water partition coefficient (Wildman–Crippen LogP) is 3.46. The van der Waals surface area contributed by atoms with Crippen LogP contribution in [-0.4, -0.2) is 29.3 Å². The molecule has 0 aromatic heterocycles. The second-order valence-electron chi connectivity index (χ2n) is 4.27. The Kier molecular flexibility index (Phi) is 4.84. The molecule has 1 unspecified atom stereocenters. The van der Waals surface area contributed by atoms with Gasteiger partial charge in [-0.05, 0) is 0 Å². The summed E-state index contributed by atoms with van der Waals surface area (Å²) in [4.78, 5) is 10.9. The zero-order chi connectivity index (χ0) is 14.1. The van der Waals surface area contributed by atoms with E-state index >= 15 is 0 Å². The summed E-state index contributed by atoms with van der Waals surface area (Å²) < 4.78 is 66.9. The van der Waals surface area contributed by atoms with E-state index in [0.717, 1.165) is 0 Å². The summed E-state index contributed by atoms with van der Waals surface area (Å²) in [5.74, 6) is -5.44. The Hall–Kier alpha value is -0.530. The van der Waals surface area contributed by atoms with E-state index in [4.69, 9.17) is 0 Å². The zero-order valence-corrected chi connectivity index (χ0v) is 10.5. The van der Waals surface area contributed by atoms with Gasteiger partial charge in [0, 0.05) is 4.75 Å². The van der Waals surface area contributed by atoms with E-state index in [1.807, 2.05) is 0 Å². The lowest BCUT2D eigenvalue weighted by atomic mass is 10.1. The van der Waals surface area contributed by atoms with Gasteiger partial charge < -0.3 is 4.74 Å². The van der Waals surface area contributed by atoms with E-state index in [0.29, 0.717) is 7.11 Å². The SMILES string of the molecule is COC(=O)C(C(F)(F)F)C(F)(F)SC(C)(C)C. The van der Waals surface area contributed by atoms with Gasteiger partial charge in [-0.1, -0.05) is 32.5 Å². The molecule has 102 valence electrons. The summed E-state index contributed by atoms with van der Waals surface area (Å²) in [5, 5.41) is -4.27. The zero-order valence-electron chi connectivity index (χ0n) is 9.69. The first-order valence-electron chi connectivity index (χ1n) is 4.54. The van der Waals surface area contributed by atoms with Crippen LogP contribution in [0, 0.1) is 5.92 Å². The van der Waals surface area contributed by atoms with Crippen LogP contribution in [0.5, 0.6) is 0 Å². The van der Waals surface area contributed by atoms with Crippen molar-refractivity contribution >= 4 is 17.7 Å². The maximum absolute atomic E-state index is 13.5. The van der Waals surface area contributed by atoms with Gasteiger partial charge in [0.2, 0.25) is 5.92 Å². The van der Waals surface area contributed by atoms with Gasteiger partial charge in [0.25, 0.3) is 0 Å². The van der Waals surface area contributed by atoms with Crippen LogP contribution < -0.4 is 0 Å². The first-order chi connectivity index (χ1) is 7.31. The molecule has 0 aliphatic rings. The van der Waals surface area contributed by atoms with E-state index in [-0.39, 0.29) is 11.8 Å². The lowest BCUT2D eigenvalue weighted by Gasteiger charge is -2.30. The smallest absolute Gasteiger partial charge is 0.409 e. The average Bonchev–Trinajstić information content (AvgIpc) is 1.95. The molecule has 0 amide bonds. The lowest BCUT2D eigenvalue weighted by Crippen LogP contribution is -2.45. The van der Waals surface area contributed by atoms with Crippen LogP contribution in [-0.2, 0) is 9.53 Å². The fourth-order valence-corrected chi connectivity index (χ4v) is 2.21. The number of carbonyl (C=O) groups is 1. The average molecular weight is 280 g/mol. The Balaban J connectivity index is 5.25. The standard InChI is InChI=1S/C9H13F5O2S/c1-7(2,3)17-9(13,14)5(6(15)16-4)8(10,11)12/h5H,1-4H3. The first-order valence-corrected chi connectivity index (χ1v) is 5.35. The van der Waals surface area contributed by atoms with Crippen LogP contribution in [0.2, 0.25) is 0 Å². The Labute approximate surface area is 99.9 Å². The number of methoxy groups -OCH3 is 1. The molecule has 2 nitrogen and oxygen atoms in total. The molecular formula is C9H13F5O2S. The molecule has 0 saturated heterocycles. The van der Waals surface area contributed by atoms with Gasteiger partial charge in [-0.25, -0.2) is 0 Å². The minimum absolute atomic E-state index is 0.216. The predicted molar refractivity (Wildman–Crippen MR) is 53.9 cm³/mol. The van der Waals surface area contributed by atoms with Gasteiger partial charge in [0.15, 0.2) is 0 Å². The summed E-state index contributed by atoms with van der Waals surface area (Å²) in [5.41, 5.74) is 0. The van der Waals surface area contributed by atoms with Crippen LogP contribution in [0.15, 0.2) is 0 Å². The number of alkyl halides is 5. The fourth-order valence-electron chi connectivity index (χ4n) is 1.05. The maximum Gasteiger partial charge on any atom is 0.409 e. The summed E-state index contributed by atoms with van der Waals surface area (Å²) in [6.45, 7) is 3.99. The van der Waals surface area contributed by atoms with Gasteiger partial charge >= 0.3 is 17.4 Å². The minimum atomic E-state index is -5.35. The van der Waals surface area contributed by atoms with Crippen molar-refractivity contribution in [3.05, 3.63) is 0 Å². The molecule has 0 rings (SSSR count). The molecule has 0 radical (unpaired) electrons. The second kappa shape index (κ2) is 4.99. The number of esters is 1. The number of hydrogen-bond acceptors (Lipinski definition) is 3. The van der Waals surface area contributed by atoms with Crippen LogP contribution >= 0.6 is 11.8 Å². The summed E-state index contributed by atoms with van der Waals surface area (Å²) in [7, 11) is 0.638. The Bertz CT molecular complexity index is 282. The quantitative estimate of drug-likeness (QED) is 0.585. The molecule has 0 saturated carbocycles. The highest BCUT2D eigenvalue weighted by molar-refractivity contribution is 8.01. The third kappa shape index (κ3) is 5.10. The van der Waals surface area contributed by atoms with E-state index in [9.17, 15) is 26.7 Å². The lowest BCUT2D eigenvalue weighted by molar-refractivity contribution is -0.224. The number of carbonyl (C=O) groups excluding carboxylic acids is 1. The van der Waals surface area contributed by atoms with Gasteiger partial charge in [0.1, 0.15) is 0 Å². The molecule has 0 aromatic carbocycles. The van der Waals surface area contributed by atoms with E-state index in [1.54, 1.807) is 0 Å². The number of halogens is 5. The van der Waals surface area contributed by atoms with Gasteiger partial charge in [-0.2, -0.15) is 22.0 Å². The molecule has 0 spiro atoms. The highest BCUT2D eigenvalue weighted by Gasteiger charge is 2.62. The number of hydrogen-bond donors (Lipinski definition) is 0. The Morgan fingerprint density at radius 2 is 1.53 bits per heavy atom. The van der Waals surface area contributed by atoms with E-state index in [2.05, 4.69) is 4.74 Å². The number of rotatable bonds is 3. The van der Waals surface area contributed by atoms with E-state index in [1.165, 1.54) is 20.8 Å². The minimum Gasteiger partial charge on any atom is -0.468 e. The molecule has 1 atom stereocenters. The van der Waals surface area contributed by atoms with Gasteiger partial charge in [-0.15, -0.1) is 0 Å². The summed E-state index contributed by atoms with van der Waals surface area (Å²) in [6, 6.07) is 0. The monoisotopic (exact) mass is 280 g/mol. The molecule has 0 aliphatic carbocycles. The fraction of sp³-hybridized carbons (Fsp3) is 0.889. The Morgan fingerprint density at radius 1 is 1.12 bits per heavy atom. The Morgan fingerprint density at radius 3 is 1.76 bits per heavy atom. The van der Waals surface area contributed by atoms with Crippen LogP contribution in [0.4, 0.5) is 22.0 Å².